The van der Waals surface area contributed by atoms with Gasteiger partial charge in [0.1, 0.15) is 30.5 Å². The first-order valence-electron chi connectivity index (χ1n) is 17.8. The van der Waals surface area contributed by atoms with Crippen molar-refractivity contribution in [3.8, 4) is 34.0 Å². The first-order chi connectivity index (χ1) is 24.4. The van der Waals surface area contributed by atoms with Crippen LogP contribution in [0.3, 0.4) is 0 Å². The quantitative estimate of drug-likeness (QED) is 0.241. The first kappa shape index (κ1) is 32.1. The topological polar surface area (TPSA) is 160 Å². The molecule has 3 fully saturated rings. The van der Waals surface area contributed by atoms with Gasteiger partial charge in [-0.2, -0.15) is 0 Å². The lowest BCUT2D eigenvalue weighted by molar-refractivity contribution is -0.134. The second kappa shape index (κ2) is 13.7. The van der Waals surface area contributed by atoms with Gasteiger partial charge in [0.2, 0.25) is 11.8 Å². The first-order valence-corrected chi connectivity index (χ1v) is 17.8. The zero-order chi connectivity index (χ0) is 34.2. The fraction of sp³-hybridized carbons (Fsp3) is 0.421. The number of carbonyl (C=O) groups excluding carboxylic acids is 2. The summed E-state index contributed by atoms with van der Waals surface area (Å²) in [6.45, 7) is 3.23. The number of amides is 2. The molecule has 5 heterocycles. The molecular weight excluding hydrogens is 632 g/mol. The summed E-state index contributed by atoms with van der Waals surface area (Å²) in [4.78, 5) is 38.5. The van der Waals surface area contributed by atoms with Crippen molar-refractivity contribution in [1.29, 1.82) is 0 Å². The van der Waals surface area contributed by atoms with Gasteiger partial charge < -0.3 is 25.4 Å². The number of nitrogens with zero attached hydrogens (tertiary/aromatic N) is 6. The maximum atomic E-state index is 12.7. The van der Waals surface area contributed by atoms with Crippen LogP contribution in [0.1, 0.15) is 74.5 Å². The molecule has 4 aromatic rings. The van der Waals surface area contributed by atoms with E-state index < -0.39 is 0 Å². The number of benzene rings is 2. The third kappa shape index (κ3) is 6.24. The predicted octanol–water partition coefficient (Wildman–Crippen LogP) is 4.80. The van der Waals surface area contributed by atoms with Crippen molar-refractivity contribution in [3.05, 3.63) is 72.2 Å². The number of para-hydroxylation sites is 2. The Morgan fingerprint density at radius 2 is 1.64 bits per heavy atom. The maximum absolute atomic E-state index is 12.7. The van der Waals surface area contributed by atoms with Crippen molar-refractivity contribution >= 4 is 23.3 Å². The molecule has 12 nitrogen and oxygen atoms in total. The van der Waals surface area contributed by atoms with Crippen molar-refractivity contribution in [2.45, 2.75) is 75.3 Å². The van der Waals surface area contributed by atoms with Gasteiger partial charge in [0.25, 0.3) is 0 Å². The van der Waals surface area contributed by atoms with Crippen LogP contribution >= 0.6 is 0 Å². The SMILES string of the molecule is Nc1nnc(-c2ccccc2O)cc1-c1cc(C2CCN([C@H]3CC[C@H](c4cccc5c4OCCN5[C@H]4CCC(=O)NC4=O)CC3)CC2)ncn1. The summed E-state index contributed by atoms with van der Waals surface area (Å²) < 4.78 is 6.27. The van der Waals surface area contributed by atoms with Crippen LogP contribution in [0.25, 0.3) is 22.5 Å². The lowest BCUT2D eigenvalue weighted by atomic mass is 9.79. The zero-order valence-corrected chi connectivity index (χ0v) is 28.0. The Balaban J connectivity index is 0.897. The number of ether oxygens (including phenoxy) is 1. The minimum atomic E-state index is -0.341. The Hall–Kier alpha value is -5.10. The number of aromatic hydroxyl groups is 1. The highest BCUT2D eigenvalue weighted by molar-refractivity contribution is 6.02. The summed E-state index contributed by atoms with van der Waals surface area (Å²) in [5.74, 6) is 1.68. The van der Waals surface area contributed by atoms with E-state index in [0.717, 1.165) is 68.7 Å². The molecule has 1 aliphatic carbocycles. The van der Waals surface area contributed by atoms with Crippen LogP contribution in [0, 0.1) is 0 Å². The Morgan fingerprint density at radius 1 is 0.820 bits per heavy atom. The molecule has 4 N–H and O–H groups in total. The van der Waals surface area contributed by atoms with E-state index in [0.29, 0.717) is 66.4 Å². The molecule has 0 radical (unpaired) electrons. The number of nitrogens with two attached hydrogens (primary N) is 1. The van der Waals surface area contributed by atoms with Gasteiger partial charge in [0, 0.05) is 35.2 Å². The fourth-order valence-corrected chi connectivity index (χ4v) is 8.40. The molecule has 258 valence electrons. The van der Waals surface area contributed by atoms with Crippen molar-refractivity contribution < 1.29 is 19.4 Å². The minimum absolute atomic E-state index is 0.132. The molecule has 1 atom stereocenters. The average molecular weight is 675 g/mol. The monoisotopic (exact) mass is 674 g/mol. The summed E-state index contributed by atoms with van der Waals surface area (Å²) in [6.07, 6.45) is 9.04. The van der Waals surface area contributed by atoms with Crippen LogP contribution in [0.5, 0.6) is 11.5 Å². The van der Waals surface area contributed by atoms with Gasteiger partial charge in [-0.1, -0.05) is 24.3 Å². The number of rotatable bonds is 6. The fourth-order valence-electron chi connectivity index (χ4n) is 8.40. The zero-order valence-electron chi connectivity index (χ0n) is 28.0. The van der Waals surface area contributed by atoms with Crippen LogP contribution in [0.2, 0.25) is 0 Å². The van der Waals surface area contributed by atoms with Crippen LogP contribution in [-0.2, 0) is 9.59 Å². The molecule has 2 aromatic heterocycles. The summed E-state index contributed by atoms with van der Waals surface area (Å²) >= 11 is 0. The third-order valence-electron chi connectivity index (χ3n) is 11.1. The number of likely N-dealkylation sites (tertiary alicyclic amines) is 1. The number of phenols is 1. The highest BCUT2D eigenvalue weighted by atomic mass is 16.5. The van der Waals surface area contributed by atoms with E-state index in [1.165, 1.54) is 5.56 Å². The number of imide groups is 1. The Kier molecular flexibility index (Phi) is 8.78. The van der Waals surface area contributed by atoms with Crippen molar-refractivity contribution in [2.75, 3.05) is 36.9 Å². The normalized spacial score (nSPS) is 23.2. The second-order valence-electron chi connectivity index (χ2n) is 13.9. The molecule has 2 saturated heterocycles. The second-order valence-corrected chi connectivity index (χ2v) is 13.9. The van der Waals surface area contributed by atoms with E-state index in [9.17, 15) is 14.7 Å². The number of hydrogen-bond acceptors (Lipinski definition) is 11. The van der Waals surface area contributed by atoms with E-state index in [4.69, 9.17) is 10.5 Å². The number of carbonyl (C=O) groups is 2. The highest BCUT2D eigenvalue weighted by Crippen LogP contribution is 2.45. The Morgan fingerprint density at radius 3 is 2.44 bits per heavy atom. The molecular formula is C38H42N8O4. The minimum Gasteiger partial charge on any atom is -0.507 e. The van der Waals surface area contributed by atoms with E-state index in [-0.39, 0.29) is 29.4 Å². The van der Waals surface area contributed by atoms with Crippen molar-refractivity contribution in [3.63, 3.8) is 0 Å². The number of piperidine rings is 2. The van der Waals surface area contributed by atoms with Gasteiger partial charge in [0.05, 0.1) is 23.6 Å². The largest absolute Gasteiger partial charge is 0.507 e. The molecule has 8 rings (SSSR count). The van der Waals surface area contributed by atoms with E-state index in [2.05, 4.69) is 53.5 Å². The van der Waals surface area contributed by atoms with Gasteiger partial charge in [-0.15, -0.1) is 10.2 Å². The van der Waals surface area contributed by atoms with Gasteiger partial charge in [-0.3, -0.25) is 14.9 Å². The smallest absolute Gasteiger partial charge is 0.249 e. The van der Waals surface area contributed by atoms with Gasteiger partial charge in [-0.05, 0) is 99.8 Å². The number of nitrogen functional groups attached to an aromatic ring is 1. The van der Waals surface area contributed by atoms with Crippen LogP contribution in [0.4, 0.5) is 11.5 Å². The molecule has 0 spiro atoms. The molecule has 2 aromatic carbocycles. The number of nitrogens with one attached hydrogen (secondary N) is 1. The predicted molar refractivity (Wildman–Crippen MR) is 189 cm³/mol. The van der Waals surface area contributed by atoms with Crippen LogP contribution < -0.4 is 20.7 Å². The summed E-state index contributed by atoms with van der Waals surface area (Å²) in [5, 5.41) is 21.2. The van der Waals surface area contributed by atoms with Gasteiger partial charge in [-0.25, -0.2) is 9.97 Å². The average Bonchev–Trinajstić information content (AvgIpc) is 3.15. The van der Waals surface area contributed by atoms with E-state index >= 15 is 0 Å². The molecule has 12 heteroatoms. The highest BCUT2D eigenvalue weighted by Gasteiger charge is 2.37. The molecule has 1 saturated carbocycles. The number of hydrogen-bond donors (Lipinski definition) is 3. The van der Waals surface area contributed by atoms with Crippen molar-refractivity contribution in [2.24, 2.45) is 0 Å². The van der Waals surface area contributed by atoms with Gasteiger partial charge in [0.15, 0.2) is 5.82 Å². The van der Waals surface area contributed by atoms with Crippen LogP contribution in [-0.4, -0.2) is 80.3 Å². The molecule has 3 aliphatic heterocycles. The summed E-state index contributed by atoms with van der Waals surface area (Å²) in [5.41, 5.74) is 12.0. The molecule has 0 bridgehead atoms. The van der Waals surface area contributed by atoms with Crippen LogP contribution in [0.15, 0.2) is 60.9 Å². The molecule has 0 unspecified atom stereocenters. The molecule has 50 heavy (non-hydrogen) atoms. The number of phenolic OH excluding ortho intramolecular Hbond substituents is 1. The number of anilines is 2. The maximum Gasteiger partial charge on any atom is 0.249 e. The molecule has 2 amide bonds. The van der Waals surface area contributed by atoms with Gasteiger partial charge >= 0.3 is 0 Å². The third-order valence-corrected chi connectivity index (χ3v) is 11.1. The van der Waals surface area contributed by atoms with E-state index in [1.807, 2.05) is 18.2 Å². The lowest BCUT2D eigenvalue weighted by Gasteiger charge is -2.42. The van der Waals surface area contributed by atoms with E-state index in [1.54, 1.807) is 24.5 Å². The summed E-state index contributed by atoms with van der Waals surface area (Å²) in [7, 11) is 0. The van der Waals surface area contributed by atoms with Crippen molar-refractivity contribution in [1.82, 2.24) is 30.4 Å². The Bertz CT molecular complexity index is 1900. The number of aromatic nitrogens is 4. The lowest BCUT2D eigenvalue weighted by Crippen LogP contribution is -2.54. The standard InChI is InChI=1S/C38H42N8O4/c39-37-28(20-31(43-44-37)27-4-1-2-7-34(27)47)30-21-29(40-22-41-30)24-14-16-45(17-15-24)25-10-8-23(9-11-25)26-5-3-6-32-36(26)50-19-18-46(32)33-12-13-35(48)42-38(33)49/h1-7,20-25,33,47H,8-19H2,(H2,39,44)(H,42,48,49)/t23-,25-,33-/m0/s1. The summed E-state index contributed by atoms with van der Waals surface area (Å²) in [6, 6.07) is 17.4. The number of fused-ring (bicyclic) bond motifs is 1. The molecule has 4 aliphatic rings. The Labute approximate surface area is 291 Å².